The highest BCUT2D eigenvalue weighted by molar-refractivity contribution is 8.00. The van der Waals surface area contributed by atoms with Crippen molar-refractivity contribution in [2.75, 3.05) is 46.8 Å². The van der Waals surface area contributed by atoms with Crippen molar-refractivity contribution < 1.29 is 46.1 Å². The lowest BCUT2D eigenvalue weighted by Gasteiger charge is -2.24. The summed E-state index contributed by atoms with van der Waals surface area (Å²) < 4.78 is 28.8. The van der Waals surface area contributed by atoms with E-state index in [1.807, 2.05) is 47.0 Å². The van der Waals surface area contributed by atoms with E-state index in [9.17, 15) is 14.4 Å². The molecule has 1 aromatic carbocycles. The van der Waals surface area contributed by atoms with Crippen LogP contribution >= 0.6 is 11.8 Å². The molecule has 3 amide bonds. The summed E-state index contributed by atoms with van der Waals surface area (Å²) in [6, 6.07) is 38.9. The minimum Gasteiger partial charge on any atom is -0.494 e. The van der Waals surface area contributed by atoms with Crippen LogP contribution in [0.25, 0.3) is 22.3 Å². The summed E-state index contributed by atoms with van der Waals surface area (Å²) in [4.78, 5) is 55.4. The molecule has 0 spiro atoms. The van der Waals surface area contributed by atoms with Crippen LogP contribution in [0.4, 0.5) is 0 Å². The molecular weight excluding hydrogens is 1020 g/mol. The van der Waals surface area contributed by atoms with Crippen LogP contribution in [0.1, 0.15) is 70.7 Å². The van der Waals surface area contributed by atoms with Gasteiger partial charge in [0.05, 0.1) is 11.9 Å². The van der Waals surface area contributed by atoms with E-state index in [1.54, 1.807) is 21.3 Å². The van der Waals surface area contributed by atoms with Crippen LogP contribution in [0.2, 0.25) is 6.04 Å². The molecule has 2 aliphatic heterocycles. The molecule has 0 radical (unpaired) electrons. The summed E-state index contributed by atoms with van der Waals surface area (Å²) in [6.07, 6.45) is 13.9. The van der Waals surface area contributed by atoms with Gasteiger partial charge in [0.2, 0.25) is 17.7 Å². The number of benzene rings is 1. The fourth-order valence-electron chi connectivity index (χ4n) is 10.2. The first-order chi connectivity index (χ1) is 37.9. The second-order valence-corrected chi connectivity index (χ2v) is 24.0. The molecule has 16 nitrogen and oxygen atoms in total. The molecule has 18 heteroatoms. The van der Waals surface area contributed by atoms with Gasteiger partial charge in [0.15, 0.2) is 37.2 Å². The quantitative estimate of drug-likeness (QED) is 0.0335. The van der Waals surface area contributed by atoms with E-state index in [0.29, 0.717) is 37.1 Å². The summed E-state index contributed by atoms with van der Waals surface area (Å²) >= 11 is 1.45. The Hall–Kier alpha value is -7.87. The molecule has 10 rings (SSSR count). The first-order valence-electron chi connectivity index (χ1n) is 26.2. The molecule has 9 heterocycles. The SMILES string of the molecule is CO[Si](CCCSC1CC(=O)N(CCC(=O)NCCCOc2ccc(C3=c4ccc([nH]4)=C(c4cc[n+](C)cc4)c4ccc([nH]4)C(c4cc[n+](C)cc4)=c4ccc([nH]4)=C(c4cc[n+](C)cc4)c4ccc3[nH]4)cc2)C1=O)(OC)OC. The number of aromatic amines is 4. The van der Waals surface area contributed by atoms with E-state index in [2.05, 4.69) is 159 Å². The van der Waals surface area contributed by atoms with E-state index in [-0.39, 0.29) is 37.1 Å². The van der Waals surface area contributed by atoms with Gasteiger partial charge in [-0.15, -0.1) is 11.8 Å². The van der Waals surface area contributed by atoms with Crippen molar-refractivity contribution in [2.45, 2.75) is 37.0 Å². The maximum Gasteiger partial charge on any atom is 0.500 e. The van der Waals surface area contributed by atoms with Gasteiger partial charge in [-0.05, 0) is 102 Å². The number of imide groups is 1. The Morgan fingerprint density at radius 1 is 0.590 bits per heavy atom. The smallest absolute Gasteiger partial charge is 0.494 e. The van der Waals surface area contributed by atoms with Crippen LogP contribution in [-0.4, -0.2) is 103 Å². The lowest BCUT2D eigenvalue weighted by atomic mass is 10.0. The third-order valence-corrected chi connectivity index (χ3v) is 18.5. The standard InChI is InChI=1S/C60H63N9O7SSi/c1-66-29-21-41(22-30-66)57-47-15-13-45(62-47)56(40-9-11-44(12-10-40)76-36-7-28-61-54(70)27-35-69-55(71)39-53(60(69)72)77-37-8-38-78(73-4,74-5)75-6)46-14-16-48(63-46)58(42-23-31-67(2)32-24-42)50-18-20-52(65-50)59(51-19-17-49(57)64-51)43-25-33-68(3)34-26-43/h9-26,29-34,53H,7-8,27-28,35-39H2,1-6H3,(H2-,61,62,63,64,65,70)/p+3. The van der Waals surface area contributed by atoms with Crippen molar-refractivity contribution in [2.24, 2.45) is 21.1 Å². The van der Waals surface area contributed by atoms with Gasteiger partial charge >= 0.3 is 8.80 Å². The molecule has 0 aliphatic carbocycles. The molecule has 2 aliphatic rings. The van der Waals surface area contributed by atoms with E-state index in [0.717, 1.165) is 95.1 Å². The van der Waals surface area contributed by atoms with Gasteiger partial charge in [-0.3, -0.25) is 19.3 Å². The van der Waals surface area contributed by atoms with Crippen molar-refractivity contribution in [3.8, 4) is 5.75 Å². The molecule has 1 saturated heterocycles. The van der Waals surface area contributed by atoms with Gasteiger partial charge in [0, 0.05) is 156 Å². The van der Waals surface area contributed by atoms with Crippen LogP contribution in [0, 0.1) is 0 Å². The van der Waals surface area contributed by atoms with Gasteiger partial charge in [-0.2, -0.15) is 0 Å². The van der Waals surface area contributed by atoms with Crippen molar-refractivity contribution in [1.82, 2.24) is 30.2 Å². The summed E-state index contributed by atoms with van der Waals surface area (Å²) in [6.45, 7) is 0.807. The monoisotopic (exact) mass is 1080 g/mol. The summed E-state index contributed by atoms with van der Waals surface area (Å²) in [7, 11) is 8.09. The topological polar surface area (TPSA) is 178 Å². The minimum atomic E-state index is -2.70. The van der Waals surface area contributed by atoms with Crippen LogP contribution in [0.5, 0.6) is 5.75 Å². The zero-order chi connectivity index (χ0) is 54.3. The minimum absolute atomic E-state index is 0.0342. The number of rotatable bonds is 20. The normalized spacial score (nSPS) is 14.7. The number of hydrogen-bond donors (Lipinski definition) is 5. The fourth-order valence-corrected chi connectivity index (χ4v) is 13.3. The van der Waals surface area contributed by atoms with Crippen LogP contribution in [0.15, 0.2) is 146 Å². The second kappa shape index (κ2) is 23.8. The predicted octanol–water partition coefficient (Wildman–Crippen LogP) is 3.18. The molecular formula is C60H66N9O7SSi+3. The summed E-state index contributed by atoms with van der Waals surface area (Å²) in [5, 5.41) is 6.28. The number of nitrogens with zero attached hydrogens (tertiary/aromatic N) is 4. The summed E-state index contributed by atoms with van der Waals surface area (Å²) in [5.74, 6) is 0.623. The molecule has 5 N–H and O–H groups in total. The number of likely N-dealkylation sites (tertiary alicyclic amines) is 1. The number of amides is 3. The molecule has 1 atom stereocenters. The Balaban J connectivity index is 0.891. The molecule has 1 unspecified atom stereocenters. The largest absolute Gasteiger partial charge is 0.500 e. The number of aromatic nitrogens is 7. The molecule has 7 aromatic heterocycles. The number of carbonyl (C=O) groups is 3. The highest BCUT2D eigenvalue weighted by Crippen LogP contribution is 2.30. The fraction of sp³-hybridized carbons (Fsp3) is 0.267. The van der Waals surface area contributed by atoms with Crippen LogP contribution in [0.3, 0.4) is 0 Å². The third kappa shape index (κ3) is 11.7. The lowest BCUT2D eigenvalue weighted by Crippen LogP contribution is -2.42. The maximum atomic E-state index is 13.1. The Morgan fingerprint density at radius 2 is 1.01 bits per heavy atom. The number of fused-ring (bicyclic) bond motifs is 8. The highest BCUT2D eigenvalue weighted by atomic mass is 32.2. The van der Waals surface area contributed by atoms with Crippen molar-refractivity contribution in [1.29, 1.82) is 0 Å². The van der Waals surface area contributed by atoms with E-state index < -0.39 is 14.1 Å². The Labute approximate surface area is 458 Å². The van der Waals surface area contributed by atoms with Crippen molar-refractivity contribution in [3.05, 3.63) is 213 Å². The lowest BCUT2D eigenvalue weighted by molar-refractivity contribution is -0.671. The molecule has 1 fully saturated rings. The van der Waals surface area contributed by atoms with Gasteiger partial charge < -0.3 is 43.3 Å². The van der Waals surface area contributed by atoms with Gasteiger partial charge in [0.1, 0.15) is 26.9 Å². The van der Waals surface area contributed by atoms with Gasteiger partial charge in [0.25, 0.3) is 0 Å². The number of pyridine rings is 3. The van der Waals surface area contributed by atoms with Gasteiger partial charge in [-0.25, -0.2) is 13.7 Å². The zero-order valence-electron chi connectivity index (χ0n) is 44.9. The van der Waals surface area contributed by atoms with Crippen molar-refractivity contribution in [3.63, 3.8) is 0 Å². The molecule has 0 saturated carbocycles. The Kier molecular flexibility index (Phi) is 16.3. The Bertz CT molecular complexity index is 3700. The molecule has 8 bridgehead atoms. The number of ether oxygens (including phenoxy) is 1. The van der Waals surface area contributed by atoms with Crippen LogP contribution < -0.4 is 45.2 Å². The first-order valence-corrected chi connectivity index (χ1v) is 29.2. The van der Waals surface area contributed by atoms with E-state index in [1.165, 1.54) is 16.7 Å². The predicted molar refractivity (Wildman–Crippen MR) is 299 cm³/mol. The Morgan fingerprint density at radius 3 is 1.44 bits per heavy atom. The number of H-pyrrole nitrogens is 4. The van der Waals surface area contributed by atoms with E-state index in [4.69, 9.17) is 18.0 Å². The maximum absolute atomic E-state index is 13.1. The number of thioether (sulfide) groups is 1. The number of aryl methyl sites for hydroxylation is 3. The number of hydrogen-bond acceptors (Lipinski definition) is 8. The first kappa shape index (κ1) is 53.5. The highest BCUT2D eigenvalue weighted by Gasteiger charge is 2.40. The number of nitrogens with one attached hydrogen (secondary N) is 5. The molecule has 400 valence electrons. The average molecular weight is 1090 g/mol. The average Bonchev–Trinajstić information content (AvgIpc) is 4.46. The van der Waals surface area contributed by atoms with Crippen molar-refractivity contribution >= 4 is 60.6 Å². The zero-order valence-corrected chi connectivity index (χ0v) is 46.7. The third-order valence-electron chi connectivity index (χ3n) is 14.4. The number of carbonyl (C=O) groups excluding carboxylic acids is 3. The van der Waals surface area contributed by atoms with Crippen LogP contribution in [-0.2, 0) is 48.8 Å². The van der Waals surface area contributed by atoms with E-state index >= 15 is 0 Å². The molecule has 8 aromatic rings. The molecule has 78 heavy (non-hydrogen) atoms. The second-order valence-electron chi connectivity index (χ2n) is 19.6. The van der Waals surface area contributed by atoms with Gasteiger partial charge in [-0.1, -0.05) is 12.1 Å². The summed E-state index contributed by atoms with van der Waals surface area (Å²) in [5.41, 5.74) is 12.1.